The second-order valence-electron chi connectivity index (χ2n) is 7.45. The molecule has 12 nitrogen and oxygen atoms in total. The monoisotopic (exact) mass is 475 g/mol. The van der Waals surface area contributed by atoms with Gasteiger partial charge in [-0.2, -0.15) is 0 Å². The lowest BCUT2D eigenvalue weighted by Crippen LogP contribution is -2.48. The van der Waals surface area contributed by atoms with Gasteiger partial charge in [-0.25, -0.2) is 19.2 Å². The van der Waals surface area contributed by atoms with E-state index in [1.807, 2.05) is 4.90 Å². The number of rotatable bonds is 10. The maximum Gasteiger partial charge on any atom is 0.437 e. The number of nitrogens with two attached hydrogens (primary N) is 2. The average molecular weight is 475 g/mol. The van der Waals surface area contributed by atoms with Gasteiger partial charge in [0.05, 0.1) is 32.0 Å². The molecule has 1 aromatic heterocycles. The van der Waals surface area contributed by atoms with E-state index in [9.17, 15) is 14.3 Å². The molecule has 1 aromatic carbocycles. The second kappa shape index (κ2) is 11.9. The summed E-state index contributed by atoms with van der Waals surface area (Å²) in [5.41, 5.74) is 11.9. The van der Waals surface area contributed by atoms with Crippen LogP contribution >= 0.6 is 0 Å². The number of hydrogen-bond donors (Lipinski definition) is 3. The number of nitrogens with zero attached hydrogens (tertiary/aromatic N) is 5. The fraction of sp³-hybridized carbons (Fsp3) is 0.381. The number of aliphatic hydroxyl groups is 1. The van der Waals surface area contributed by atoms with Crippen LogP contribution in [-0.4, -0.2) is 72.9 Å². The Balaban J connectivity index is 1.57. The number of benzene rings is 1. The second-order valence-corrected chi connectivity index (χ2v) is 7.45. The standard InChI is InChI=1S/C21H26FN7O5/c1-32-10-13(9-30)11-34-28-16-7-29(8-16)20-25-5-15(6-26-20)17-4-2-3-14(18(17)22)12-33-21(31)27-19(23)24/h2-6,13,30H,7-12H2,1H3,(H4,23,24,27,31). The van der Waals surface area contributed by atoms with Gasteiger partial charge in [0.25, 0.3) is 0 Å². The predicted octanol–water partition coefficient (Wildman–Crippen LogP) is 0.640. The molecule has 0 saturated carbocycles. The Hall–Kier alpha value is -3.84. The zero-order chi connectivity index (χ0) is 24.5. The first-order valence-corrected chi connectivity index (χ1v) is 10.3. The lowest BCUT2D eigenvalue weighted by Gasteiger charge is -2.32. The van der Waals surface area contributed by atoms with Gasteiger partial charge in [-0.05, 0) is 0 Å². The summed E-state index contributed by atoms with van der Waals surface area (Å²) in [7, 11) is 1.56. The van der Waals surface area contributed by atoms with Gasteiger partial charge < -0.3 is 35.8 Å². The van der Waals surface area contributed by atoms with E-state index in [0.29, 0.717) is 31.2 Å². The topological polar surface area (TPSA) is 171 Å². The first-order chi connectivity index (χ1) is 16.4. The van der Waals surface area contributed by atoms with Gasteiger partial charge in [0, 0.05) is 42.1 Å². The summed E-state index contributed by atoms with van der Waals surface area (Å²) in [5.74, 6) is -0.674. The summed E-state index contributed by atoms with van der Waals surface area (Å²) in [5, 5.41) is 13.3. The maximum atomic E-state index is 14.9. The fourth-order valence-electron chi connectivity index (χ4n) is 3.03. The molecule has 2 aromatic rings. The summed E-state index contributed by atoms with van der Waals surface area (Å²) in [6, 6.07) is 4.68. The lowest BCUT2D eigenvalue weighted by molar-refractivity contribution is 0.0333. The zero-order valence-electron chi connectivity index (χ0n) is 18.6. The minimum Gasteiger partial charge on any atom is -0.443 e. The smallest absolute Gasteiger partial charge is 0.437 e. The largest absolute Gasteiger partial charge is 0.443 e. The third kappa shape index (κ3) is 6.59. The van der Waals surface area contributed by atoms with Gasteiger partial charge in [-0.15, -0.1) is 4.99 Å². The molecule has 3 rings (SSSR count). The van der Waals surface area contributed by atoms with Crippen molar-refractivity contribution in [3.8, 4) is 11.1 Å². The van der Waals surface area contributed by atoms with Crippen LogP contribution in [0.3, 0.4) is 0 Å². The SMILES string of the molecule is COCC(CO)CON=C1CN(c2ncc(-c3cccc(COC(=O)N=C(N)N)c3F)cn2)C1. The number of halogens is 1. The molecule has 2 heterocycles. The van der Waals surface area contributed by atoms with E-state index in [1.165, 1.54) is 18.5 Å². The molecule has 1 saturated heterocycles. The number of guanidine groups is 1. The number of ether oxygens (including phenoxy) is 2. The third-order valence-corrected chi connectivity index (χ3v) is 4.79. The van der Waals surface area contributed by atoms with Crippen LogP contribution in [0.4, 0.5) is 15.1 Å². The number of methoxy groups -OCH3 is 1. The van der Waals surface area contributed by atoms with Crippen molar-refractivity contribution < 1.29 is 28.6 Å². The molecule has 1 atom stereocenters. The molecule has 13 heteroatoms. The molecular weight excluding hydrogens is 449 g/mol. The van der Waals surface area contributed by atoms with E-state index < -0.39 is 17.9 Å². The minimum atomic E-state index is -1.01. The Labute approximate surface area is 195 Å². The number of hydrogen-bond acceptors (Lipinski definition) is 9. The maximum absolute atomic E-state index is 14.9. The average Bonchev–Trinajstić information content (AvgIpc) is 2.79. The molecule has 1 aliphatic rings. The first kappa shape index (κ1) is 24.8. The first-order valence-electron chi connectivity index (χ1n) is 10.3. The number of anilines is 1. The van der Waals surface area contributed by atoms with E-state index >= 15 is 0 Å². The van der Waals surface area contributed by atoms with Crippen molar-refractivity contribution >= 4 is 23.7 Å². The van der Waals surface area contributed by atoms with Gasteiger partial charge >= 0.3 is 6.09 Å². The van der Waals surface area contributed by atoms with E-state index in [-0.39, 0.29) is 36.9 Å². The molecule has 0 aliphatic carbocycles. The Morgan fingerprint density at radius 2 is 2.00 bits per heavy atom. The number of carbonyl (C=O) groups excluding carboxylic acids is 1. The minimum absolute atomic E-state index is 0.0440. The van der Waals surface area contributed by atoms with Gasteiger partial charge in [0.15, 0.2) is 5.96 Å². The van der Waals surface area contributed by atoms with Crippen LogP contribution in [0.1, 0.15) is 5.56 Å². The molecule has 0 radical (unpaired) electrons. The van der Waals surface area contributed by atoms with Crippen LogP contribution in [0.5, 0.6) is 0 Å². The number of aromatic nitrogens is 2. The number of carbonyl (C=O) groups is 1. The van der Waals surface area contributed by atoms with Crippen molar-refractivity contribution in [2.24, 2.45) is 27.5 Å². The molecule has 0 spiro atoms. The van der Waals surface area contributed by atoms with Crippen molar-refractivity contribution in [3.63, 3.8) is 0 Å². The fourth-order valence-corrected chi connectivity index (χ4v) is 3.03. The Morgan fingerprint density at radius 1 is 1.26 bits per heavy atom. The summed E-state index contributed by atoms with van der Waals surface area (Å²) in [6.45, 7) is 1.27. The normalized spacial score (nSPS) is 13.6. The van der Waals surface area contributed by atoms with Gasteiger partial charge in [-0.3, -0.25) is 0 Å². The van der Waals surface area contributed by atoms with Crippen LogP contribution in [0.15, 0.2) is 40.7 Å². The van der Waals surface area contributed by atoms with Crippen molar-refractivity contribution in [1.29, 1.82) is 0 Å². The highest BCUT2D eigenvalue weighted by atomic mass is 19.1. The molecule has 34 heavy (non-hydrogen) atoms. The highest BCUT2D eigenvalue weighted by Crippen LogP contribution is 2.26. The Bertz CT molecular complexity index is 1040. The van der Waals surface area contributed by atoms with Crippen molar-refractivity contribution in [1.82, 2.24) is 9.97 Å². The summed E-state index contributed by atoms with van der Waals surface area (Å²) >= 11 is 0. The molecule has 1 aliphatic heterocycles. The number of amides is 1. The quantitative estimate of drug-likeness (QED) is 0.252. The van der Waals surface area contributed by atoms with Crippen LogP contribution in [0, 0.1) is 11.7 Å². The van der Waals surface area contributed by atoms with Crippen LogP contribution < -0.4 is 16.4 Å². The van der Waals surface area contributed by atoms with Crippen molar-refractivity contribution in [3.05, 3.63) is 42.0 Å². The van der Waals surface area contributed by atoms with E-state index in [2.05, 4.69) is 20.1 Å². The number of aliphatic imine (C=N–C) groups is 1. The highest BCUT2D eigenvalue weighted by molar-refractivity contribution is 5.98. The summed E-state index contributed by atoms with van der Waals surface area (Å²) in [4.78, 5) is 30.4. The number of oxime groups is 1. The van der Waals surface area contributed by atoms with Gasteiger partial charge in [-0.1, -0.05) is 23.4 Å². The van der Waals surface area contributed by atoms with Crippen LogP contribution in [0.2, 0.25) is 0 Å². The van der Waals surface area contributed by atoms with Gasteiger partial charge in [0.1, 0.15) is 19.0 Å². The van der Waals surface area contributed by atoms with Crippen molar-refractivity contribution in [2.45, 2.75) is 6.61 Å². The summed E-state index contributed by atoms with van der Waals surface area (Å²) < 4.78 is 24.7. The lowest BCUT2D eigenvalue weighted by atomic mass is 10.1. The summed E-state index contributed by atoms with van der Waals surface area (Å²) in [6.07, 6.45) is 2.01. The van der Waals surface area contributed by atoms with E-state index in [0.717, 1.165) is 5.71 Å². The zero-order valence-corrected chi connectivity index (χ0v) is 18.6. The Morgan fingerprint density at radius 3 is 2.65 bits per heavy atom. The Kier molecular flexibility index (Phi) is 8.65. The van der Waals surface area contributed by atoms with E-state index in [4.69, 9.17) is 25.8 Å². The van der Waals surface area contributed by atoms with E-state index in [1.54, 1.807) is 19.2 Å². The van der Waals surface area contributed by atoms with Gasteiger partial charge in [0.2, 0.25) is 5.95 Å². The molecule has 1 fully saturated rings. The van der Waals surface area contributed by atoms with Crippen LogP contribution in [0.25, 0.3) is 11.1 Å². The molecule has 182 valence electrons. The highest BCUT2D eigenvalue weighted by Gasteiger charge is 2.25. The van der Waals surface area contributed by atoms with Crippen molar-refractivity contribution in [2.75, 3.05) is 44.9 Å². The molecule has 1 unspecified atom stereocenters. The molecule has 1 amide bonds. The molecule has 5 N–H and O–H groups in total. The predicted molar refractivity (Wildman–Crippen MR) is 121 cm³/mol. The number of aliphatic hydroxyl groups excluding tert-OH is 1. The van der Waals surface area contributed by atoms with Crippen LogP contribution in [-0.2, 0) is 20.9 Å². The third-order valence-electron chi connectivity index (χ3n) is 4.79. The molecular formula is C21H26FN7O5. The molecule has 0 bridgehead atoms.